The highest BCUT2D eigenvalue weighted by molar-refractivity contribution is 9.10. The molecule has 0 N–H and O–H groups in total. The van der Waals surface area contributed by atoms with E-state index < -0.39 is 0 Å². The first-order chi connectivity index (χ1) is 9.58. The van der Waals surface area contributed by atoms with Crippen molar-refractivity contribution in [1.82, 2.24) is 9.78 Å². The van der Waals surface area contributed by atoms with Gasteiger partial charge in [0.1, 0.15) is 12.4 Å². The molecule has 1 aromatic heterocycles. The fourth-order valence-corrected chi connectivity index (χ4v) is 3.08. The van der Waals surface area contributed by atoms with Gasteiger partial charge < -0.3 is 4.74 Å². The second-order valence-electron chi connectivity index (χ2n) is 4.67. The van der Waals surface area contributed by atoms with Crippen LogP contribution >= 0.6 is 27.5 Å². The minimum Gasteiger partial charge on any atom is -0.487 e. The number of aryl methyl sites for hydroxylation is 3. The Morgan fingerprint density at radius 3 is 2.75 bits per heavy atom. The number of hydrogen-bond acceptors (Lipinski definition) is 2. The monoisotopic (exact) mass is 356 g/mol. The topological polar surface area (TPSA) is 27.1 Å². The van der Waals surface area contributed by atoms with Crippen LogP contribution in [0.5, 0.6) is 5.75 Å². The van der Waals surface area contributed by atoms with Gasteiger partial charge in [-0.1, -0.05) is 25.1 Å². The number of rotatable bonds is 5. The zero-order chi connectivity index (χ0) is 14.7. The third-order valence-electron chi connectivity index (χ3n) is 3.29. The second kappa shape index (κ2) is 6.64. The van der Waals surface area contributed by atoms with Crippen LogP contribution in [0.25, 0.3) is 0 Å². The number of hydrogen-bond donors (Lipinski definition) is 0. The summed E-state index contributed by atoms with van der Waals surface area (Å²) in [4.78, 5) is 0. The molecular formula is C15H18BrClN2O. The SMILES string of the molecule is CCc1nn(C)c(COc2c(C)cccc2CCl)c1Br. The lowest BCUT2D eigenvalue weighted by Gasteiger charge is -2.13. The van der Waals surface area contributed by atoms with Gasteiger partial charge >= 0.3 is 0 Å². The minimum atomic E-state index is 0.448. The highest BCUT2D eigenvalue weighted by atomic mass is 79.9. The molecule has 1 aromatic carbocycles. The third-order valence-corrected chi connectivity index (χ3v) is 4.50. The molecule has 0 saturated carbocycles. The Morgan fingerprint density at radius 1 is 1.40 bits per heavy atom. The fourth-order valence-electron chi connectivity index (χ4n) is 2.14. The molecule has 0 saturated heterocycles. The van der Waals surface area contributed by atoms with Crippen LogP contribution in [0.1, 0.15) is 29.4 Å². The van der Waals surface area contributed by atoms with Gasteiger partial charge in [-0.2, -0.15) is 5.10 Å². The zero-order valence-electron chi connectivity index (χ0n) is 11.9. The molecule has 0 aliphatic rings. The summed E-state index contributed by atoms with van der Waals surface area (Å²) in [6.45, 7) is 4.59. The van der Waals surface area contributed by atoms with Crippen LogP contribution in [-0.2, 0) is 26.0 Å². The number of ether oxygens (including phenoxy) is 1. The van der Waals surface area contributed by atoms with E-state index in [-0.39, 0.29) is 0 Å². The number of aromatic nitrogens is 2. The molecule has 0 radical (unpaired) electrons. The van der Waals surface area contributed by atoms with Crippen molar-refractivity contribution in [3.05, 3.63) is 45.2 Å². The van der Waals surface area contributed by atoms with Crippen molar-refractivity contribution in [3.63, 3.8) is 0 Å². The lowest BCUT2D eigenvalue weighted by atomic mass is 10.1. The zero-order valence-corrected chi connectivity index (χ0v) is 14.3. The van der Waals surface area contributed by atoms with Gasteiger partial charge in [-0.25, -0.2) is 0 Å². The van der Waals surface area contributed by atoms with Gasteiger partial charge in [-0.05, 0) is 34.8 Å². The minimum absolute atomic E-state index is 0.448. The molecule has 2 rings (SSSR count). The van der Waals surface area contributed by atoms with E-state index in [1.54, 1.807) is 0 Å². The first kappa shape index (κ1) is 15.4. The van der Waals surface area contributed by atoms with Gasteiger partial charge in [-0.3, -0.25) is 4.68 Å². The molecule has 0 fully saturated rings. The number of benzene rings is 1. The van der Waals surface area contributed by atoms with E-state index in [1.807, 2.05) is 36.9 Å². The predicted molar refractivity (Wildman–Crippen MR) is 85.4 cm³/mol. The highest BCUT2D eigenvalue weighted by Crippen LogP contribution is 2.28. The average Bonchev–Trinajstić information content (AvgIpc) is 2.72. The van der Waals surface area contributed by atoms with E-state index >= 15 is 0 Å². The van der Waals surface area contributed by atoms with Crippen LogP contribution < -0.4 is 4.74 Å². The summed E-state index contributed by atoms with van der Waals surface area (Å²) in [7, 11) is 1.93. The molecular weight excluding hydrogens is 340 g/mol. The Morgan fingerprint density at radius 2 is 2.15 bits per heavy atom. The Bertz CT molecular complexity index is 610. The van der Waals surface area contributed by atoms with Crippen molar-refractivity contribution in [2.45, 2.75) is 32.8 Å². The van der Waals surface area contributed by atoms with E-state index in [9.17, 15) is 0 Å². The summed E-state index contributed by atoms with van der Waals surface area (Å²) in [6, 6.07) is 6.02. The molecule has 0 atom stereocenters. The largest absolute Gasteiger partial charge is 0.487 e. The molecule has 0 aliphatic heterocycles. The standard InChI is InChI=1S/C15H18BrClN2O/c1-4-12-14(16)13(19(3)18-12)9-20-15-10(2)6-5-7-11(15)8-17/h5-7H,4,8-9H2,1-3H3. The molecule has 0 amide bonds. The van der Waals surface area contributed by atoms with E-state index in [0.717, 1.165) is 39.2 Å². The van der Waals surface area contributed by atoms with Gasteiger partial charge in [0.25, 0.3) is 0 Å². The number of halogens is 2. The molecule has 2 aromatic rings. The maximum atomic E-state index is 5.99. The smallest absolute Gasteiger partial charge is 0.131 e. The maximum absolute atomic E-state index is 5.99. The van der Waals surface area contributed by atoms with Crippen molar-refractivity contribution in [2.75, 3.05) is 0 Å². The summed E-state index contributed by atoms with van der Waals surface area (Å²) in [6.07, 6.45) is 0.895. The van der Waals surface area contributed by atoms with E-state index in [0.29, 0.717) is 12.5 Å². The van der Waals surface area contributed by atoms with Crippen LogP contribution in [0, 0.1) is 6.92 Å². The van der Waals surface area contributed by atoms with E-state index in [2.05, 4.69) is 28.0 Å². The van der Waals surface area contributed by atoms with Crippen LogP contribution in [-0.4, -0.2) is 9.78 Å². The van der Waals surface area contributed by atoms with Crippen LogP contribution in [0.3, 0.4) is 0 Å². The molecule has 5 heteroatoms. The van der Waals surface area contributed by atoms with Gasteiger partial charge in [0, 0.05) is 12.6 Å². The molecule has 1 heterocycles. The van der Waals surface area contributed by atoms with Gasteiger partial charge in [0.2, 0.25) is 0 Å². The third kappa shape index (κ3) is 3.01. The first-order valence-corrected chi connectivity index (χ1v) is 7.88. The Balaban J connectivity index is 2.23. The Kier molecular flexibility index (Phi) is 5.11. The molecule has 0 spiro atoms. The molecule has 0 aliphatic carbocycles. The highest BCUT2D eigenvalue weighted by Gasteiger charge is 2.14. The number of alkyl halides is 1. The van der Waals surface area contributed by atoms with Crippen molar-refractivity contribution < 1.29 is 4.74 Å². The normalized spacial score (nSPS) is 10.8. The molecule has 108 valence electrons. The Hall–Kier alpha value is -1.000. The Labute approximate surface area is 133 Å². The van der Waals surface area contributed by atoms with E-state index in [4.69, 9.17) is 16.3 Å². The lowest BCUT2D eigenvalue weighted by Crippen LogP contribution is -2.05. The van der Waals surface area contributed by atoms with E-state index in [1.165, 1.54) is 0 Å². The van der Waals surface area contributed by atoms with Crippen LogP contribution in [0.4, 0.5) is 0 Å². The van der Waals surface area contributed by atoms with Crippen molar-refractivity contribution in [1.29, 1.82) is 0 Å². The lowest BCUT2D eigenvalue weighted by molar-refractivity contribution is 0.290. The molecule has 20 heavy (non-hydrogen) atoms. The summed E-state index contributed by atoms with van der Waals surface area (Å²) in [5.74, 6) is 1.32. The molecule has 0 bridgehead atoms. The summed E-state index contributed by atoms with van der Waals surface area (Å²) >= 11 is 9.57. The molecule has 3 nitrogen and oxygen atoms in total. The van der Waals surface area contributed by atoms with Crippen molar-refractivity contribution in [3.8, 4) is 5.75 Å². The summed E-state index contributed by atoms with van der Waals surface area (Å²) in [5, 5.41) is 4.47. The van der Waals surface area contributed by atoms with Gasteiger partial charge in [0.15, 0.2) is 0 Å². The second-order valence-corrected chi connectivity index (χ2v) is 5.73. The predicted octanol–water partition coefficient (Wildman–Crippen LogP) is 4.37. The van der Waals surface area contributed by atoms with Crippen LogP contribution in [0.2, 0.25) is 0 Å². The number of para-hydroxylation sites is 1. The van der Waals surface area contributed by atoms with Crippen LogP contribution in [0.15, 0.2) is 22.7 Å². The number of nitrogens with zero attached hydrogens (tertiary/aromatic N) is 2. The van der Waals surface area contributed by atoms with Crippen molar-refractivity contribution >= 4 is 27.5 Å². The molecule has 0 unspecified atom stereocenters. The summed E-state index contributed by atoms with van der Waals surface area (Å²) in [5.41, 5.74) is 4.19. The quantitative estimate of drug-likeness (QED) is 0.743. The first-order valence-electron chi connectivity index (χ1n) is 6.56. The summed E-state index contributed by atoms with van der Waals surface area (Å²) < 4.78 is 8.88. The average molecular weight is 358 g/mol. The van der Waals surface area contributed by atoms with Crippen molar-refractivity contribution in [2.24, 2.45) is 7.05 Å². The maximum Gasteiger partial charge on any atom is 0.131 e. The fraction of sp³-hybridized carbons (Fsp3) is 0.400. The van der Waals surface area contributed by atoms with Gasteiger partial charge in [0.05, 0.1) is 21.7 Å². The van der Waals surface area contributed by atoms with Gasteiger partial charge in [-0.15, -0.1) is 11.6 Å².